The first kappa shape index (κ1) is 12.3. The van der Waals surface area contributed by atoms with Crippen molar-refractivity contribution in [3.63, 3.8) is 0 Å². The zero-order valence-electron chi connectivity index (χ0n) is 9.91. The van der Waals surface area contributed by atoms with Crippen molar-refractivity contribution in [3.8, 4) is 0 Å². The summed E-state index contributed by atoms with van der Waals surface area (Å²) in [6.07, 6.45) is 12.0. The molecule has 2 heterocycles. The van der Waals surface area contributed by atoms with Crippen LogP contribution in [-0.2, 0) is 19.6 Å². The van der Waals surface area contributed by atoms with E-state index < -0.39 is 5.97 Å². The van der Waals surface area contributed by atoms with Gasteiger partial charge in [-0.15, -0.1) is 0 Å². The second-order valence-electron chi connectivity index (χ2n) is 4.69. The molecule has 0 unspecified atom stereocenters. The monoisotopic (exact) mass is 230 g/mol. The maximum Gasteiger partial charge on any atom is 0.366 e. The molecule has 0 aliphatic carbocycles. The maximum atomic E-state index is 5.14. The van der Waals surface area contributed by atoms with Crippen LogP contribution in [0.1, 0.15) is 64.2 Å². The summed E-state index contributed by atoms with van der Waals surface area (Å²) >= 11 is 0. The summed E-state index contributed by atoms with van der Waals surface area (Å²) in [6.45, 7) is 0.633. The summed E-state index contributed by atoms with van der Waals surface area (Å²) in [7, 11) is 0. The summed E-state index contributed by atoms with van der Waals surface area (Å²) in [6, 6.07) is 0. The van der Waals surface area contributed by atoms with E-state index in [1.54, 1.807) is 0 Å². The van der Waals surface area contributed by atoms with E-state index in [2.05, 4.69) is 0 Å². The molecule has 2 aliphatic rings. The van der Waals surface area contributed by atoms with E-state index in [9.17, 15) is 0 Å². The number of hydrogen-bond donors (Lipinski definition) is 0. The molecular formula is C12H22O4. The first-order valence-corrected chi connectivity index (χ1v) is 6.59. The highest BCUT2D eigenvalue weighted by atomic mass is 17.5. The lowest BCUT2D eigenvalue weighted by Crippen LogP contribution is -2.16. The molecule has 0 amide bonds. The van der Waals surface area contributed by atoms with Gasteiger partial charge in [-0.25, -0.2) is 4.89 Å². The molecule has 0 radical (unpaired) electrons. The predicted octanol–water partition coefficient (Wildman–Crippen LogP) is 3.46. The highest BCUT2D eigenvalue weighted by Crippen LogP contribution is 2.36. The maximum absolute atomic E-state index is 5.14. The van der Waals surface area contributed by atoms with Crippen LogP contribution in [0.2, 0.25) is 0 Å². The van der Waals surface area contributed by atoms with Crippen molar-refractivity contribution in [1.29, 1.82) is 0 Å². The summed E-state index contributed by atoms with van der Waals surface area (Å²) in [5.41, 5.74) is 0. The van der Waals surface area contributed by atoms with Crippen molar-refractivity contribution in [2.45, 2.75) is 70.2 Å². The first-order valence-electron chi connectivity index (χ1n) is 6.59. The fraction of sp³-hybridized carbons (Fsp3) is 1.00. The van der Waals surface area contributed by atoms with E-state index in [0.29, 0.717) is 6.61 Å². The molecule has 4 nitrogen and oxygen atoms in total. The lowest BCUT2D eigenvalue weighted by Gasteiger charge is -2.09. The molecule has 0 aromatic carbocycles. The molecule has 16 heavy (non-hydrogen) atoms. The molecule has 1 spiro atoms. The van der Waals surface area contributed by atoms with E-state index in [-0.39, 0.29) is 0 Å². The van der Waals surface area contributed by atoms with Crippen molar-refractivity contribution < 1.29 is 19.6 Å². The van der Waals surface area contributed by atoms with Crippen LogP contribution < -0.4 is 0 Å². The molecule has 0 atom stereocenters. The van der Waals surface area contributed by atoms with E-state index in [1.807, 2.05) is 0 Å². The predicted molar refractivity (Wildman–Crippen MR) is 58.1 cm³/mol. The smallest absolute Gasteiger partial charge is 0.231 e. The van der Waals surface area contributed by atoms with Crippen molar-refractivity contribution in [1.82, 2.24) is 0 Å². The SMILES string of the molecule is C1CCCCCOOC2(CCCCC1)OO2. The van der Waals surface area contributed by atoms with Crippen LogP contribution in [0.4, 0.5) is 0 Å². The molecule has 2 aliphatic heterocycles. The Morgan fingerprint density at radius 1 is 0.562 bits per heavy atom. The molecule has 0 bridgehead atoms. The topological polar surface area (TPSA) is 43.5 Å². The summed E-state index contributed by atoms with van der Waals surface area (Å²) < 4.78 is 0. The Morgan fingerprint density at radius 3 is 1.75 bits per heavy atom. The largest absolute Gasteiger partial charge is 0.366 e. The lowest BCUT2D eigenvalue weighted by atomic mass is 10.1. The fourth-order valence-electron chi connectivity index (χ4n) is 2.07. The van der Waals surface area contributed by atoms with Crippen molar-refractivity contribution >= 4 is 0 Å². The Balaban J connectivity index is 1.66. The minimum Gasteiger partial charge on any atom is -0.231 e. The molecular weight excluding hydrogens is 208 g/mol. The summed E-state index contributed by atoms with van der Waals surface area (Å²) in [5.74, 6) is -0.857. The zero-order chi connectivity index (χ0) is 11.1. The third-order valence-corrected chi connectivity index (χ3v) is 3.17. The van der Waals surface area contributed by atoms with E-state index in [0.717, 1.165) is 19.3 Å². The minimum atomic E-state index is -0.857. The van der Waals surface area contributed by atoms with Crippen molar-refractivity contribution in [2.75, 3.05) is 6.61 Å². The van der Waals surface area contributed by atoms with Gasteiger partial charge >= 0.3 is 5.97 Å². The van der Waals surface area contributed by atoms with Gasteiger partial charge in [0.05, 0.1) is 6.61 Å². The van der Waals surface area contributed by atoms with E-state index in [4.69, 9.17) is 19.6 Å². The van der Waals surface area contributed by atoms with Gasteiger partial charge in [-0.05, 0) is 12.8 Å². The van der Waals surface area contributed by atoms with Gasteiger partial charge in [0.1, 0.15) is 0 Å². The van der Waals surface area contributed by atoms with Gasteiger partial charge < -0.3 is 0 Å². The van der Waals surface area contributed by atoms with Crippen LogP contribution in [0, 0.1) is 0 Å². The number of rotatable bonds is 0. The molecule has 94 valence electrons. The van der Waals surface area contributed by atoms with Gasteiger partial charge in [-0.3, -0.25) is 0 Å². The van der Waals surface area contributed by atoms with Crippen LogP contribution >= 0.6 is 0 Å². The molecule has 0 aromatic heterocycles. The molecule has 2 rings (SSSR count). The molecule has 4 heteroatoms. The third kappa shape index (κ3) is 4.37. The van der Waals surface area contributed by atoms with Crippen LogP contribution in [-0.4, -0.2) is 12.6 Å². The molecule has 0 aromatic rings. The Hall–Kier alpha value is -0.160. The van der Waals surface area contributed by atoms with Gasteiger partial charge in [-0.2, -0.15) is 14.7 Å². The fourth-order valence-corrected chi connectivity index (χ4v) is 2.07. The average Bonchev–Trinajstić information content (AvgIpc) is 3.05. The summed E-state index contributed by atoms with van der Waals surface area (Å²) in [5, 5.41) is 0. The van der Waals surface area contributed by atoms with Crippen molar-refractivity contribution in [2.24, 2.45) is 0 Å². The Kier molecular flexibility index (Phi) is 5.03. The highest BCUT2D eigenvalue weighted by molar-refractivity contribution is 4.60. The molecule has 2 fully saturated rings. The van der Waals surface area contributed by atoms with Gasteiger partial charge in [0.15, 0.2) is 0 Å². The Morgan fingerprint density at radius 2 is 1.12 bits per heavy atom. The normalized spacial score (nSPS) is 28.5. The second kappa shape index (κ2) is 6.55. The first-order chi connectivity index (χ1) is 7.91. The quantitative estimate of drug-likeness (QED) is 0.472. The van der Waals surface area contributed by atoms with E-state index >= 15 is 0 Å². The lowest BCUT2D eigenvalue weighted by molar-refractivity contribution is -0.368. The van der Waals surface area contributed by atoms with E-state index in [1.165, 1.54) is 44.9 Å². The Bertz CT molecular complexity index is 175. The zero-order valence-corrected chi connectivity index (χ0v) is 9.91. The minimum absolute atomic E-state index is 0.633. The molecule has 0 saturated carbocycles. The molecule has 2 saturated heterocycles. The standard InChI is InChI=1S/C12H22O4/c1-2-4-6-8-10-12(15-16-12)14-13-11-9-7-5-3-1/h1-11H2. The van der Waals surface area contributed by atoms with Gasteiger partial charge in [0.25, 0.3) is 0 Å². The van der Waals surface area contributed by atoms with Gasteiger partial charge in [0, 0.05) is 6.42 Å². The van der Waals surface area contributed by atoms with Crippen molar-refractivity contribution in [3.05, 3.63) is 0 Å². The average molecular weight is 230 g/mol. The Labute approximate surface area is 97.1 Å². The van der Waals surface area contributed by atoms with Gasteiger partial charge in [-0.1, -0.05) is 44.9 Å². The van der Waals surface area contributed by atoms with Crippen LogP contribution in [0.5, 0.6) is 0 Å². The summed E-state index contributed by atoms with van der Waals surface area (Å²) in [4.78, 5) is 19.9. The third-order valence-electron chi connectivity index (χ3n) is 3.17. The van der Waals surface area contributed by atoms with Gasteiger partial charge in [0.2, 0.25) is 0 Å². The van der Waals surface area contributed by atoms with Crippen LogP contribution in [0.25, 0.3) is 0 Å². The highest BCUT2D eigenvalue weighted by Gasteiger charge is 2.52. The van der Waals surface area contributed by atoms with Crippen LogP contribution in [0.15, 0.2) is 0 Å². The van der Waals surface area contributed by atoms with Crippen LogP contribution in [0.3, 0.4) is 0 Å². The second-order valence-corrected chi connectivity index (χ2v) is 4.69. The number of hydrogen-bond acceptors (Lipinski definition) is 4. The molecule has 0 N–H and O–H groups in total.